The molecule has 3 heteroatoms. The van der Waals surface area contributed by atoms with Crippen LogP contribution < -0.4 is 4.74 Å². The minimum atomic E-state index is 0.0845. The molecule has 0 spiro atoms. The lowest BCUT2D eigenvalue weighted by molar-refractivity contribution is 0.0693. The van der Waals surface area contributed by atoms with E-state index in [0.29, 0.717) is 12.4 Å². The zero-order chi connectivity index (χ0) is 14.8. The van der Waals surface area contributed by atoms with Crippen LogP contribution in [-0.2, 0) is 0 Å². The predicted octanol–water partition coefficient (Wildman–Crippen LogP) is 5.25. The lowest BCUT2D eigenvalue weighted by Gasteiger charge is -2.37. The summed E-state index contributed by atoms with van der Waals surface area (Å²) in [6.07, 6.45) is 4.50. The molecule has 1 aliphatic rings. The van der Waals surface area contributed by atoms with Crippen LogP contribution in [0, 0.1) is 11.3 Å². The van der Waals surface area contributed by atoms with Gasteiger partial charge in [0.1, 0.15) is 5.75 Å². The average Bonchev–Trinajstić information content (AvgIpc) is 2.40. The Morgan fingerprint density at radius 2 is 2.15 bits per heavy atom. The maximum absolute atomic E-state index is 13.0. The third kappa shape index (κ3) is 3.25. The first kappa shape index (κ1) is 15.6. The Labute approximate surface area is 130 Å². The van der Waals surface area contributed by atoms with Crippen LogP contribution in [-0.4, -0.2) is 12.4 Å². The molecule has 0 N–H and O–H groups in total. The highest BCUT2D eigenvalue weighted by Gasteiger charge is 2.38. The molecule has 2 nitrogen and oxygen atoms in total. The molecule has 1 fully saturated rings. The molecule has 0 heterocycles. The monoisotopic (exact) mass is 338 g/mol. The molecular weight excluding hydrogens is 316 g/mol. The van der Waals surface area contributed by atoms with Crippen molar-refractivity contribution in [3.63, 3.8) is 0 Å². The molecule has 20 heavy (non-hydrogen) atoms. The van der Waals surface area contributed by atoms with Crippen LogP contribution in [0.25, 0.3) is 0 Å². The van der Waals surface area contributed by atoms with Gasteiger partial charge in [0.2, 0.25) is 0 Å². The fourth-order valence-corrected chi connectivity index (χ4v) is 3.50. The van der Waals surface area contributed by atoms with E-state index >= 15 is 0 Å². The first-order valence-electron chi connectivity index (χ1n) is 7.42. The van der Waals surface area contributed by atoms with Gasteiger partial charge in [0.15, 0.2) is 5.78 Å². The van der Waals surface area contributed by atoms with E-state index < -0.39 is 0 Å². The Kier molecular flexibility index (Phi) is 4.90. The summed E-state index contributed by atoms with van der Waals surface area (Å²) in [6.45, 7) is 6.96. The van der Waals surface area contributed by atoms with E-state index in [-0.39, 0.29) is 17.1 Å². The Balaban J connectivity index is 2.34. The maximum atomic E-state index is 13.0. The third-order valence-corrected chi connectivity index (χ3v) is 4.82. The average molecular weight is 339 g/mol. The van der Waals surface area contributed by atoms with Crippen LogP contribution in [0.4, 0.5) is 0 Å². The minimum absolute atomic E-state index is 0.0845. The van der Waals surface area contributed by atoms with Gasteiger partial charge in [-0.3, -0.25) is 4.79 Å². The van der Waals surface area contributed by atoms with Gasteiger partial charge in [-0.1, -0.05) is 42.6 Å². The van der Waals surface area contributed by atoms with E-state index in [1.54, 1.807) is 0 Å². The Morgan fingerprint density at radius 3 is 2.80 bits per heavy atom. The second-order valence-electron chi connectivity index (χ2n) is 6.22. The van der Waals surface area contributed by atoms with Crippen LogP contribution in [0.15, 0.2) is 22.7 Å². The van der Waals surface area contributed by atoms with Crippen LogP contribution in [0.1, 0.15) is 56.8 Å². The van der Waals surface area contributed by atoms with E-state index in [9.17, 15) is 4.79 Å². The molecule has 2 rings (SSSR count). The minimum Gasteiger partial charge on any atom is -0.493 e. The molecule has 1 aromatic carbocycles. The lowest BCUT2D eigenvalue weighted by Crippen LogP contribution is -2.34. The van der Waals surface area contributed by atoms with Gasteiger partial charge in [0, 0.05) is 10.4 Å². The third-order valence-electron chi connectivity index (χ3n) is 4.33. The number of Topliss-reactive ketones (excluding diaryl/α,β-unsaturated/α-hetero) is 1. The van der Waals surface area contributed by atoms with Crippen molar-refractivity contribution in [3.05, 3.63) is 28.2 Å². The first-order chi connectivity index (χ1) is 9.45. The largest absolute Gasteiger partial charge is 0.493 e. The maximum Gasteiger partial charge on any atom is 0.170 e. The van der Waals surface area contributed by atoms with Crippen molar-refractivity contribution in [2.75, 3.05) is 6.61 Å². The van der Waals surface area contributed by atoms with Crippen molar-refractivity contribution >= 4 is 21.7 Å². The van der Waals surface area contributed by atoms with Crippen LogP contribution in [0.2, 0.25) is 0 Å². The number of hydrogen-bond donors (Lipinski definition) is 0. The van der Waals surface area contributed by atoms with Crippen LogP contribution in [0.5, 0.6) is 5.75 Å². The Bertz CT molecular complexity index is 494. The second-order valence-corrected chi connectivity index (χ2v) is 7.14. The molecule has 0 aliphatic heterocycles. The molecule has 0 amide bonds. The molecule has 1 aliphatic carbocycles. The SMILES string of the molecule is CCOc1ccc(Br)cc1C(=O)C1CCCCC1(C)C. The van der Waals surface area contributed by atoms with Crippen molar-refractivity contribution in [1.29, 1.82) is 0 Å². The van der Waals surface area contributed by atoms with Gasteiger partial charge in [-0.2, -0.15) is 0 Å². The summed E-state index contributed by atoms with van der Waals surface area (Å²) in [5, 5.41) is 0. The summed E-state index contributed by atoms with van der Waals surface area (Å²) < 4.78 is 6.56. The Hall–Kier alpha value is -0.830. The van der Waals surface area contributed by atoms with Crippen LogP contribution >= 0.6 is 15.9 Å². The smallest absolute Gasteiger partial charge is 0.170 e. The van der Waals surface area contributed by atoms with E-state index in [1.807, 2.05) is 25.1 Å². The van der Waals surface area contributed by atoms with Gasteiger partial charge in [0.05, 0.1) is 12.2 Å². The fourth-order valence-electron chi connectivity index (χ4n) is 3.14. The van der Waals surface area contributed by atoms with Crippen LogP contribution in [0.3, 0.4) is 0 Å². The molecule has 0 saturated heterocycles. The van der Waals surface area contributed by atoms with Gasteiger partial charge in [0.25, 0.3) is 0 Å². The molecule has 0 radical (unpaired) electrons. The number of ketones is 1. The van der Waals surface area contributed by atoms with Gasteiger partial charge in [-0.15, -0.1) is 0 Å². The summed E-state index contributed by atoms with van der Waals surface area (Å²) in [5.41, 5.74) is 0.808. The summed E-state index contributed by atoms with van der Waals surface area (Å²) in [6, 6.07) is 5.71. The molecule has 1 unspecified atom stereocenters. The zero-order valence-electron chi connectivity index (χ0n) is 12.5. The summed E-state index contributed by atoms with van der Waals surface area (Å²) in [4.78, 5) is 13.0. The number of ether oxygens (including phenoxy) is 1. The second kappa shape index (κ2) is 6.30. The zero-order valence-corrected chi connectivity index (χ0v) is 14.1. The van der Waals surface area contributed by atoms with Crippen molar-refractivity contribution in [2.24, 2.45) is 11.3 Å². The van der Waals surface area contributed by atoms with E-state index in [1.165, 1.54) is 6.42 Å². The van der Waals surface area contributed by atoms with E-state index in [2.05, 4.69) is 29.8 Å². The molecule has 110 valence electrons. The number of carbonyl (C=O) groups excluding carboxylic acids is 1. The number of halogens is 1. The Morgan fingerprint density at radius 1 is 1.40 bits per heavy atom. The molecule has 1 atom stereocenters. The topological polar surface area (TPSA) is 26.3 Å². The van der Waals surface area contributed by atoms with E-state index in [0.717, 1.165) is 29.3 Å². The molecule has 1 saturated carbocycles. The number of rotatable bonds is 4. The first-order valence-corrected chi connectivity index (χ1v) is 8.21. The van der Waals surface area contributed by atoms with Gasteiger partial charge in [-0.05, 0) is 43.4 Å². The highest BCUT2D eigenvalue weighted by Crippen LogP contribution is 2.43. The molecular formula is C17H23BrO2. The quantitative estimate of drug-likeness (QED) is 0.701. The number of hydrogen-bond acceptors (Lipinski definition) is 2. The molecule has 0 bridgehead atoms. The highest BCUT2D eigenvalue weighted by molar-refractivity contribution is 9.10. The van der Waals surface area contributed by atoms with Gasteiger partial charge < -0.3 is 4.74 Å². The van der Waals surface area contributed by atoms with Crippen molar-refractivity contribution < 1.29 is 9.53 Å². The highest BCUT2D eigenvalue weighted by atomic mass is 79.9. The molecule has 0 aromatic heterocycles. The van der Waals surface area contributed by atoms with Crippen molar-refractivity contribution in [3.8, 4) is 5.75 Å². The summed E-state index contributed by atoms with van der Waals surface area (Å²) in [5.74, 6) is 1.05. The summed E-state index contributed by atoms with van der Waals surface area (Å²) >= 11 is 3.46. The summed E-state index contributed by atoms with van der Waals surface area (Å²) in [7, 11) is 0. The van der Waals surface area contributed by atoms with Gasteiger partial charge in [-0.25, -0.2) is 0 Å². The number of carbonyl (C=O) groups is 1. The van der Waals surface area contributed by atoms with Crippen molar-refractivity contribution in [2.45, 2.75) is 46.5 Å². The molecule has 1 aromatic rings. The van der Waals surface area contributed by atoms with Gasteiger partial charge >= 0.3 is 0 Å². The normalized spacial score (nSPS) is 21.5. The van der Waals surface area contributed by atoms with Crippen molar-refractivity contribution in [1.82, 2.24) is 0 Å². The number of benzene rings is 1. The lowest BCUT2D eigenvalue weighted by atomic mass is 9.66. The fraction of sp³-hybridized carbons (Fsp3) is 0.588. The van der Waals surface area contributed by atoms with E-state index in [4.69, 9.17) is 4.74 Å². The predicted molar refractivity (Wildman–Crippen MR) is 85.4 cm³/mol. The standard InChI is InChI=1S/C17H23BrO2/c1-4-20-15-9-8-12(18)11-13(15)16(19)14-7-5-6-10-17(14,2)3/h8-9,11,14H,4-7,10H2,1-3H3.